The Morgan fingerprint density at radius 1 is 1.62 bits per heavy atom. The minimum absolute atomic E-state index is 0.0437. The first kappa shape index (κ1) is 12.5. The fraction of sp³-hybridized carbons (Fsp3) is 0.333. The second kappa shape index (κ2) is 5.53. The Morgan fingerprint density at radius 3 is 2.88 bits per heavy atom. The molecule has 0 fully saturated rings. The molecular formula is C12H13ClN2O. The second-order valence-corrected chi connectivity index (χ2v) is 4.02. The highest BCUT2D eigenvalue weighted by Crippen LogP contribution is 2.26. The van der Waals surface area contributed by atoms with E-state index < -0.39 is 0 Å². The predicted octanol–water partition coefficient (Wildman–Crippen LogP) is 2.89. The van der Waals surface area contributed by atoms with E-state index in [0.717, 1.165) is 12.0 Å². The van der Waals surface area contributed by atoms with Crippen molar-refractivity contribution in [3.05, 3.63) is 28.8 Å². The van der Waals surface area contributed by atoms with Crippen molar-refractivity contribution < 1.29 is 4.79 Å². The summed E-state index contributed by atoms with van der Waals surface area (Å²) < 4.78 is 0. The molecule has 1 rings (SSSR count). The van der Waals surface area contributed by atoms with Gasteiger partial charge in [-0.05, 0) is 19.1 Å². The van der Waals surface area contributed by atoms with Crippen molar-refractivity contribution in [1.29, 1.82) is 5.26 Å². The summed E-state index contributed by atoms with van der Waals surface area (Å²) in [5, 5.41) is 9.08. The Bertz CT molecular complexity index is 426. The summed E-state index contributed by atoms with van der Waals surface area (Å²) >= 11 is 5.93. The molecule has 0 aromatic heterocycles. The Balaban J connectivity index is 3.08. The Labute approximate surface area is 100 Å². The van der Waals surface area contributed by atoms with Crippen LogP contribution >= 0.6 is 11.6 Å². The van der Waals surface area contributed by atoms with Gasteiger partial charge >= 0.3 is 0 Å². The highest BCUT2D eigenvalue weighted by atomic mass is 35.5. The van der Waals surface area contributed by atoms with Gasteiger partial charge in [0.05, 0.1) is 23.1 Å². The lowest BCUT2D eigenvalue weighted by molar-refractivity contribution is 0.112. The van der Waals surface area contributed by atoms with Gasteiger partial charge in [-0.2, -0.15) is 5.26 Å². The fourth-order valence-electron chi connectivity index (χ4n) is 1.46. The van der Waals surface area contributed by atoms with Crippen LogP contribution in [0.25, 0.3) is 0 Å². The molecule has 0 aliphatic carbocycles. The molecule has 1 atom stereocenters. The normalized spacial score (nSPS) is 11.6. The molecule has 0 saturated carbocycles. The van der Waals surface area contributed by atoms with Crippen LogP contribution in [0, 0.1) is 11.3 Å². The van der Waals surface area contributed by atoms with Gasteiger partial charge in [-0.25, -0.2) is 0 Å². The Hall–Kier alpha value is -1.53. The minimum atomic E-state index is 0.0437. The van der Waals surface area contributed by atoms with Crippen molar-refractivity contribution in [2.24, 2.45) is 0 Å². The van der Waals surface area contributed by atoms with Crippen molar-refractivity contribution >= 4 is 23.6 Å². The minimum Gasteiger partial charge on any atom is -0.370 e. The number of benzene rings is 1. The molecule has 0 aliphatic heterocycles. The lowest BCUT2D eigenvalue weighted by Crippen LogP contribution is -2.29. The highest BCUT2D eigenvalue weighted by Gasteiger charge is 2.14. The van der Waals surface area contributed by atoms with Gasteiger partial charge in [0.1, 0.15) is 0 Å². The molecule has 1 aromatic rings. The Morgan fingerprint density at radius 2 is 2.31 bits per heavy atom. The van der Waals surface area contributed by atoms with E-state index in [1.54, 1.807) is 12.1 Å². The molecule has 0 N–H and O–H groups in total. The zero-order chi connectivity index (χ0) is 12.1. The lowest BCUT2D eigenvalue weighted by Gasteiger charge is -2.26. The van der Waals surface area contributed by atoms with E-state index in [-0.39, 0.29) is 6.04 Å². The lowest BCUT2D eigenvalue weighted by atomic mass is 10.1. The van der Waals surface area contributed by atoms with Crippen LogP contribution in [0.2, 0.25) is 5.02 Å². The van der Waals surface area contributed by atoms with Crippen LogP contribution in [0.5, 0.6) is 0 Å². The zero-order valence-corrected chi connectivity index (χ0v) is 10.0. The number of carbonyl (C=O) groups is 1. The number of hydrogen-bond acceptors (Lipinski definition) is 3. The van der Waals surface area contributed by atoms with Crippen molar-refractivity contribution in [2.45, 2.75) is 19.4 Å². The van der Waals surface area contributed by atoms with E-state index in [0.29, 0.717) is 17.0 Å². The van der Waals surface area contributed by atoms with Gasteiger partial charge in [0.25, 0.3) is 0 Å². The van der Waals surface area contributed by atoms with Gasteiger partial charge in [0.2, 0.25) is 0 Å². The van der Waals surface area contributed by atoms with Gasteiger partial charge in [0, 0.05) is 18.8 Å². The van der Waals surface area contributed by atoms with Gasteiger partial charge < -0.3 is 4.90 Å². The van der Waals surface area contributed by atoms with Crippen molar-refractivity contribution in [3.8, 4) is 6.07 Å². The van der Waals surface area contributed by atoms with E-state index in [2.05, 4.69) is 6.07 Å². The average Bonchev–Trinajstić information content (AvgIpc) is 2.28. The summed E-state index contributed by atoms with van der Waals surface area (Å²) in [6.07, 6.45) is 1.15. The molecule has 0 heterocycles. The van der Waals surface area contributed by atoms with Gasteiger partial charge in [-0.1, -0.05) is 17.7 Å². The molecule has 84 valence electrons. The molecule has 0 spiro atoms. The molecule has 4 heteroatoms. The van der Waals surface area contributed by atoms with Crippen LogP contribution in [0.4, 0.5) is 5.69 Å². The number of halogens is 1. The third-order valence-corrected chi connectivity index (χ3v) is 2.91. The molecular weight excluding hydrogens is 224 g/mol. The molecule has 3 nitrogen and oxygen atoms in total. The standard InChI is InChI=1S/C12H13ClN2O/c1-9(6-7-14)15(2)12-5-3-4-11(13)10(12)8-16/h3-5,8-9H,6H2,1-2H3. The second-order valence-electron chi connectivity index (χ2n) is 3.61. The monoisotopic (exact) mass is 236 g/mol. The van der Waals surface area contributed by atoms with Crippen LogP contribution in [0.15, 0.2) is 18.2 Å². The number of rotatable bonds is 4. The van der Waals surface area contributed by atoms with E-state index in [4.69, 9.17) is 16.9 Å². The van der Waals surface area contributed by atoms with Crippen LogP contribution in [-0.4, -0.2) is 19.4 Å². The van der Waals surface area contributed by atoms with Crippen molar-refractivity contribution in [1.82, 2.24) is 0 Å². The number of aldehydes is 1. The van der Waals surface area contributed by atoms with E-state index in [1.165, 1.54) is 0 Å². The van der Waals surface area contributed by atoms with Crippen molar-refractivity contribution in [3.63, 3.8) is 0 Å². The maximum absolute atomic E-state index is 11.0. The number of nitriles is 1. The largest absolute Gasteiger partial charge is 0.370 e. The van der Waals surface area contributed by atoms with Crippen LogP contribution < -0.4 is 4.90 Å². The van der Waals surface area contributed by atoms with Crippen LogP contribution in [-0.2, 0) is 0 Å². The molecule has 1 aromatic carbocycles. The first-order chi connectivity index (χ1) is 7.61. The summed E-state index contributed by atoms with van der Waals surface area (Å²) in [5.74, 6) is 0. The number of nitrogens with zero attached hydrogens (tertiary/aromatic N) is 2. The van der Waals surface area contributed by atoms with E-state index >= 15 is 0 Å². The average molecular weight is 237 g/mol. The van der Waals surface area contributed by atoms with E-state index in [1.807, 2.05) is 24.9 Å². The molecule has 16 heavy (non-hydrogen) atoms. The summed E-state index contributed by atoms with van der Waals surface area (Å²) in [6, 6.07) is 7.44. The molecule has 0 amide bonds. The summed E-state index contributed by atoms with van der Waals surface area (Å²) in [4.78, 5) is 12.8. The van der Waals surface area contributed by atoms with E-state index in [9.17, 15) is 4.79 Å². The summed E-state index contributed by atoms with van der Waals surface area (Å²) in [5.41, 5.74) is 1.22. The molecule has 1 unspecified atom stereocenters. The highest BCUT2D eigenvalue weighted by molar-refractivity contribution is 6.33. The maximum Gasteiger partial charge on any atom is 0.153 e. The summed E-state index contributed by atoms with van der Waals surface area (Å²) in [7, 11) is 1.85. The van der Waals surface area contributed by atoms with Gasteiger partial charge in [-0.3, -0.25) is 4.79 Å². The van der Waals surface area contributed by atoms with Crippen molar-refractivity contribution in [2.75, 3.05) is 11.9 Å². The van der Waals surface area contributed by atoms with Crippen LogP contribution in [0.3, 0.4) is 0 Å². The smallest absolute Gasteiger partial charge is 0.153 e. The quantitative estimate of drug-likeness (QED) is 0.755. The molecule has 0 aliphatic rings. The fourth-order valence-corrected chi connectivity index (χ4v) is 1.67. The third-order valence-electron chi connectivity index (χ3n) is 2.58. The first-order valence-electron chi connectivity index (χ1n) is 4.95. The molecule has 0 radical (unpaired) electrons. The van der Waals surface area contributed by atoms with Gasteiger partial charge in [-0.15, -0.1) is 0 Å². The number of hydrogen-bond donors (Lipinski definition) is 0. The third kappa shape index (κ3) is 2.53. The topological polar surface area (TPSA) is 44.1 Å². The first-order valence-corrected chi connectivity index (χ1v) is 5.33. The zero-order valence-electron chi connectivity index (χ0n) is 9.27. The van der Waals surface area contributed by atoms with Gasteiger partial charge in [0.15, 0.2) is 6.29 Å². The van der Waals surface area contributed by atoms with Crippen LogP contribution in [0.1, 0.15) is 23.7 Å². The SMILES string of the molecule is CC(CC#N)N(C)c1cccc(Cl)c1C=O. The Kier molecular flexibility index (Phi) is 4.33. The predicted molar refractivity (Wildman–Crippen MR) is 64.9 cm³/mol. The summed E-state index contributed by atoms with van der Waals surface area (Å²) in [6.45, 7) is 1.93. The molecule has 0 bridgehead atoms. The number of carbonyl (C=O) groups excluding carboxylic acids is 1. The maximum atomic E-state index is 11.0. The molecule has 0 saturated heterocycles. The number of anilines is 1.